The predicted molar refractivity (Wildman–Crippen MR) is 113 cm³/mol. The van der Waals surface area contributed by atoms with Crippen LogP contribution in [0.15, 0.2) is 84.9 Å². The molecule has 142 valence electrons. The number of urea groups is 1. The summed E-state index contributed by atoms with van der Waals surface area (Å²) in [5.74, 6) is 0. The highest BCUT2D eigenvalue weighted by Crippen LogP contribution is 2.21. The molecule has 3 aromatic carbocycles. The normalized spacial score (nSPS) is 11.4. The van der Waals surface area contributed by atoms with Crippen LogP contribution >= 0.6 is 0 Å². The molecule has 0 aliphatic rings. The van der Waals surface area contributed by atoms with Gasteiger partial charge in [0, 0.05) is 18.2 Å². The molecule has 3 rings (SSSR count). The molecule has 2 amide bonds. The average Bonchev–Trinajstić information content (AvgIpc) is 2.74. The maximum atomic E-state index is 12.4. The summed E-state index contributed by atoms with van der Waals surface area (Å²) >= 11 is 0. The van der Waals surface area contributed by atoms with E-state index in [9.17, 15) is 9.59 Å². The summed E-state index contributed by atoms with van der Waals surface area (Å²) in [6.45, 7) is 0. The van der Waals surface area contributed by atoms with Gasteiger partial charge in [0.25, 0.3) is 0 Å². The predicted octanol–water partition coefficient (Wildman–Crippen LogP) is 5.07. The van der Waals surface area contributed by atoms with Gasteiger partial charge in [-0.3, -0.25) is 0 Å². The van der Waals surface area contributed by atoms with E-state index in [2.05, 4.69) is 22.8 Å². The van der Waals surface area contributed by atoms with Crippen molar-refractivity contribution in [3.8, 4) is 11.1 Å². The number of carbonyl (C=O) groups excluding carboxylic acids is 2. The molecule has 1 atom stereocenters. The van der Waals surface area contributed by atoms with Gasteiger partial charge >= 0.3 is 6.03 Å². The van der Waals surface area contributed by atoms with Crippen LogP contribution in [-0.2, 0) is 11.2 Å². The van der Waals surface area contributed by atoms with Crippen LogP contribution in [0.5, 0.6) is 0 Å². The average molecular weight is 372 g/mol. The molecule has 0 bridgehead atoms. The van der Waals surface area contributed by atoms with Crippen LogP contribution in [0.3, 0.4) is 0 Å². The van der Waals surface area contributed by atoms with E-state index in [1.165, 1.54) is 0 Å². The van der Waals surface area contributed by atoms with E-state index in [4.69, 9.17) is 0 Å². The van der Waals surface area contributed by atoms with Gasteiger partial charge in [-0.25, -0.2) is 4.79 Å². The van der Waals surface area contributed by atoms with Gasteiger partial charge in [-0.15, -0.1) is 0 Å². The fraction of sp³-hybridized carbons (Fsp3) is 0.167. The molecule has 0 fully saturated rings. The fourth-order valence-electron chi connectivity index (χ4n) is 3.12. The molecule has 0 aliphatic carbocycles. The number of hydrogen-bond donors (Lipinski definition) is 2. The summed E-state index contributed by atoms with van der Waals surface area (Å²) in [6.07, 6.45) is 2.61. The molecule has 3 aromatic rings. The molecule has 4 heteroatoms. The highest BCUT2D eigenvalue weighted by molar-refractivity contribution is 5.89. The van der Waals surface area contributed by atoms with E-state index in [-0.39, 0.29) is 12.1 Å². The summed E-state index contributed by atoms with van der Waals surface area (Å²) in [7, 11) is 0. The number of nitrogens with one attached hydrogen (secondary N) is 2. The van der Waals surface area contributed by atoms with Crippen LogP contribution < -0.4 is 10.6 Å². The number of rotatable bonds is 8. The van der Waals surface area contributed by atoms with Crippen molar-refractivity contribution >= 4 is 18.0 Å². The van der Waals surface area contributed by atoms with Gasteiger partial charge in [0.1, 0.15) is 6.29 Å². The Morgan fingerprint density at radius 3 is 2.07 bits per heavy atom. The first-order valence-corrected chi connectivity index (χ1v) is 9.45. The first-order valence-electron chi connectivity index (χ1n) is 9.45. The monoisotopic (exact) mass is 372 g/mol. The van der Waals surface area contributed by atoms with Crippen molar-refractivity contribution in [2.75, 3.05) is 5.32 Å². The zero-order valence-electron chi connectivity index (χ0n) is 15.7. The lowest BCUT2D eigenvalue weighted by Crippen LogP contribution is -2.39. The lowest BCUT2D eigenvalue weighted by molar-refractivity contribution is -0.108. The van der Waals surface area contributed by atoms with Crippen molar-refractivity contribution in [2.24, 2.45) is 0 Å². The largest absolute Gasteiger partial charge is 0.335 e. The van der Waals surface area contributed by atoms with Gasteiger partial charge in [-0.2, -0.15) is 0 Å². The Morgan fingerprint density at radius 2 is 1.43 bits per heavy atom. The fourth-order valence-corrected chi connectivity index (χ4v) is 3.12. The zero-order valence-corrected chi connectivity index (χ0v) is 15.7. The van der Waals surface area contributed by atoms with E-state index < -0.39 is 0 Å². The molecule has 0 saturated heterocycles. The van der Waals surface area contributed by atoms with Crippen LogP contribution in [0.25, 0.3) is 11.1 Å². The quantitative estimate of drug-likeness (QED) is 0.543. The minimum absolute atomic E-state index is 0.101. The number of anilines is 1. The maximum Gasteiger partial charge on any atom is 0.319 e. The van der Waals surface area contributed by atoms with Gasteiger partial charge in [0.2, 0.25) is 0 Å². The molecule has 2 N–H and O–H groups in total. The summed E-state index contributed by atoms with van der Waals surface area (Å²) in [4.78, 5) is 23.2. The summed E-state index contributed by atoms with van der Waals surface area (Å²) in [5, 5.41) is 5.86. The first-order chi connectivity index (χ1) is 13.7. The second-order valence-electron chi connectivity index (χ2n) is 6.67. The molecule has 0 aromatic heterocycles. The van der Waals surface area contributed by atoms with Crippen molar-refractivity contribution in [3.05, 3.63) is 90.5 Å². The van der Waals surface area contributed by atoms with Crippen LogP contribution in [-0.4, -0.2) is 18.4 Å². The van der Waals surface area contributed by atoms with Gasteiger partial charge in [-0.05, 0) is 41.7 Å². The zero-order chi connectivity index (χ0) is 19.6. The van der Waals surface area contributed by atoms with Crippen LogP contribution in [0.1, 0.15) is 18.4 Å². The maximum absolute atomic E-state index is 12.4. The lowest BCUT2D eigenvalue weighted by atomic mass is 10.0. The number of carbonyl (C=O) groups is 2. The first kappa shape index (κ1) is 19.4. The molecule has 0 radical (unpaired) electrons. The summed E-state index contributed by atoms with van der Waals surface area (Å²) in [6, 6.07) is 27.4. The Balaban J connectivity index is 1.59. The highest BCUT2D eigenvalue weighted by Gasteiger charge is 2.13. The molecule has 28 heavy (non-hydrogen) atoms. The Kier molecular flexibility index (Phi) is 6.96. The van der Waals surface area contributed by atoms with Crippen LogP contribution in [0.2, 0.25) is 0 Å². The minimum atomic E-state index is -0.265. The Bertz CT molecular complexity index is 877. The highest BCUT2D eigenvalue weighted by atomic mass is 16.2. The van der Waals surface area contributed by atoms with Crippen molar-refractivity contribution in [1.29, 1.82) is 0 Å². The van der Waals surface area contributed by atoms with E-state index in [1.54, 1.807) is 0 Å². The molecule has 0 aliphatic heterocycles. The van der Waals surface area contributed by atoms with Gasteiger partial charge in [-0.1, -0.05) is 72.8 Å². The molecule has 4 nitrogen and oxygen atoms in total. The Labute approximate surface area is 165 Å². The third-order valence-electron chi connectivity index (χ3n) is 4.54. The Hall–Kier alpha value is -3.40. The minimum Gasteiger partial charge on any atom is -0.335 e. The molecule has 0 saturated carbocycles. The number of amides is 2. The van der Waals surface area contributed by atoms with Gasteiger partial charge < -0.3 is 15.4 Å². The van der Waals surface area contributed by atoms with Crippen molar-refractivity contribution in [2.45, 2.75) is 25.3 Å². The van der Waals surface area contributed by atoms with Crippen LogP contribution in [0.4, 0.5) is 10.5 Å². The smallest absolute Gasteiger partial charge is 0.319 e. The Morgan fingerprint density at radius 1 is 0.821 bits per heavy atom. The molecular formula is C24H24N2O2. The third kappa shape index (κ3) is 5.81. The third-order valence-corrected chi connectivity index (χ3v) is 4.54. The topological polar surface area (TPSA) is 58.2 Å². The molecule has 0 spiro atoms. The summed E-state index contributed by atoms with van der Waals surface area (Å²) in [5.41, 5.74) is 4.09. The second-order valence-corrected chi connectivity index (χ2v) is 6.67. The SMILES string of the molecule is O=CCC[C@H](Cc1ccccc1)NC(=O)Nc1ccc(-c2ccccc2)cc1. The molecule has 0 unspecified atom stereocenters. The van der Waals surface area contributed by atoms with E-state index in [0.717, 1.165) is 28.7 Å². The number of hydrogen-bond acceptors (Lipinski definition) is 2. The van der Waals surface area contributed by atoms with E-state index >= 15 is 0 Å². The number of aldehydes is 1. The van der Waals surface area contributed by atoms with Crippen molar-refractivity contribution < 1.29 is 9.59 Å². The van der Waals surface area contributed by atoms with Crippen molar-refractivity contribution in [3.63, 3.8) is 0 Å². The van der Waals surface area contributed by atoms with Crippen molar-refractivity contribution in [1.82, 2.24) is 5.32 Å². The van der Waals surface area contributed by atoms with Crippen LogP contribution in [0, 0.1) is 0 Å². The molecular weight excluding hydrogens is 348 g/mol. The molecule has 0 heterocycles. The van der Waals surface area contributed by atoms with E-state index in [0.29, 0.717) is 19.3 Å². The summed E-state index contributed by atoms with van der Waals surface area (Å²) < 4.78 is 0. The lowest BCUT2D eigenvalue weighted by Gasteiger charge is -2.18. The standard InChI is InChI=1S/C24H24N2O2/c27-17-7-12-23(18-19-8-3-1-4-9-19)26-24(28)25-22-15-13-21(14-16-22)20-10-5-2-6-11-20/h1-6,8-11,13-17,23H,7,12,18H2,(H2,25,26,28)/t23-/m1/s1. The number of benzene rings is 3. The van der Waals surface area contributed by atoms with Gasteiger partial charge in [0.15, 0.2) is 0 Å². The second kappa shape index (κ2) is 10.1. The van der Waals surface area contributed by atoms with E-state index in [1.807, 2.05) is 72.8 Å². The van der Waals surface area contributed by atoms with Gasteiger partial charge in [0.05, 0.1) is 0 Å².